The van der Waals surface area contributed by atoms with Crippen LogP contribution in [0, 0.1) is 10.1 Å². The summed E-state index contributed by atoms with van der Waals surface area (Å²) in [5.41, 5.74) is 0. The molecule has 1 N–H and O–H groups in total. The normalized spacial score (nSPS) is 12.1. The molecule has 0 saturated heterocycles. The van der Waals surface area contributed by atoms with Gasteiger partial charge < -0.3 is 14.5 Å². The number of carbonyl (C=O) groups excluding carboxylic acids is 1. The molecule has 1 atom stereocenters. The molecule has 7 nitrogen and oxygen atoms in total. The molecule has 0 aliphatic carbocycles. The summed E-state index contributed by atoms with van der Waals surface area (Å²) in [6.07, 6.45) is 0. The number of hydrogen-bond donors (Lipinski definition) is 1. The molecule has 1 heterocycles. The van der Waals surface area contributed by atoms with E-state index >= 15 is 0 Å². The molecule has 1 rings (SSSR count). The Bertz CT molecular complexity index is 406. The highest BCUT2D eigenvalue weighted by Crippen LogP contribution is 2.15. The van der Waals surface area contributed by atoms with Crippen molar-refractivity contribution in [3.8, 4) is 0 Å². The van der Waals surface area contributed by atoms with E-state index in [9.17, 15) is 14.9 Å². The minimum Gasteiger partial charge on any atom is -0.395 e. The second-order valence-electron chi connectivity index (χ2n) is 3.16. The van der Waals surface area contributed by atoms with E-state index in [1.54, 1.807) is 0 Å². The van der Waals surface area contributed by atoms with E-state index in [0.717, 1.165) is 6.07 Å². The summed E-state index contributed by atoms with van der Waals surface area (Å²) in [6, 6.07) is 2.34. The molecule has 0 radical (unpaired) electrons. The summed E-state index contributed by atoms with van der Waals surface area (Å²) in [4.78, 5) is 21.1. The Morgan fingerprint density at radius 2 is 2.41 bits per heavy atom. The maximum Gasteiger partial charge on any atom is 0.433 e. The Morgan fingerprint density at radius 3 is 2.94 bits per heavy atom. The number of furan rings is 1. The van der Waals surface area contributed by atoms with Crippen molar-refractivity contribution in [2.24, 2.45) is 0 Å². The predicted molar refractivity (Wildman–Crippen MR) is 59.2 cm³/mol. The van der Waals surface area contributed by atoms with Gasteiger partial charge >= 0.3 is 5.88 Å². The number of ether oxygens (including phenoxy) is 1. The van der Waals surface area contributed by atoms with Gasteiger partial charge in [0, 0.05) is 13.7 Å². The molecule has 8 heteroatoms. The molecular formula is C9H11ClN2O5. The van der Waals surface area contributed by atoms with Crippen molar-refractivity contribution >= 4 is 23.4 Å². The number of hydrogen-bond acceptors (Lipinski definition) is 5. The van der Waals surface area contributed by atoms with Crippen molar-refractivity contribution in [3.63, 3.8) is 0 Å². The maximum atomic E-state index is 11.5. The first-order valence-electron chi connectivity index (χ1n) is 4.70. The summed E-state index contributed by atoms with van der Waals surface area (Å²) >= 11 is 5.79. The number of nitro groups is 1. The molecule has 0 aromatic carbocycles. The molecule has 0 saturated carbocycles. The highest BCUT2D eigenvalue weighted by Gasteiger charge is 2.17. The van der Waals surface area contributed by atoms with E-state index in [1.807, 2.05) is 0 Å². The number of carbonyl (C=O) groups is 1. The first kappa shape index (κ1) is 13.5. The van der Waals surface area contributed by atoms with Crippen LogP contribution >= 0.6 is 11.6 Å². The lowest BCUT2D eigenvalue weighted by Gasteiger charge is -2.08. The fraction of sp³-hybridized carbons (Fsp3) is 0.444. The Balaban J connectivity index is 2.49. The molecule has 0 aliphatic heterocycles. The molecule has 1 aromatic rings. The standard InChI is InChI=1S/C9H11ClN2O5/c1-16-5-6(10)4-11-9(13)7-2-3-8(17-7)12(14)15/h2-3,6H,4-5H2,1H3,(H,11,13). The maximum absolute atomic E-state index is 11.5. The summed E-state index contributed by atoms with van der Waals surface area (Å²) in [6.45, 7) is 0.475. The van der Waals surface area contributed by atoms with Crippen LogP contribution in [0.3, 0.4) is 0 Å². The molecular weight excluding hydrogens is 252 g/mol. The zero-order valence-corrected chi connectivity index (χ0v) is 9.77. The highest BCUT2D eigenvalue weighted by molar-refractivity contribution is 6.21. The fourth-order valence-electron chi connectivity index (χ4n) is 1.08. The van der Waals surface area contributed by atoms with E-state index in [4.69, 9.17) is 20.8 Å². The fourth-order valence-corrected chi connectivity index (χ4v) is 1.28. The summed E-state index contributed by atoms with van der Waals surface area (Å²) in [7, 11) is 1.49. The zero-order valence-electron chi connectivity index (χ0n) is 9.01. The number of halogens is 1. The molecule has 0 spiro atoms. The number of nitrogens with one attached hydrogen (secondary N) is 1. The smallest absolute Gasteiger partial charge is 0.395 e. The second-order valence-corrected chi connectivity index (χ2v) is 3.77. The Morgan fingerprint density at radius 1 is 1.71 bits per heavy atom. The van der Waals surface area contributed by atoms with Crippen LogP contribution in [0.25, 0.3) is 0 Å². The van der Waals surface area contributed by atoms with Gasteiger partial charge in [-0.15, -0.1) is 11.6 Å². The third kappa shape index (κ3) is 4.04. The van der Waals surface area contributed by atoms with Crippen LogP contribution < -0.4 is 5.32 Å². The predicted octanol–water partition coefficient (Wildman–Crippen LogP) is 1.17. The SMILES string of the molecule is COCC(Cl)CNC(=O)c1ccc([N+](=O)[O-])o1. The molecule has 94 valence electrons. The van der Waals surface area contributed by atoms with E-state index in [0.29, 0.717) is 6.61 Å². The first-order valence-corrected chi connectivity index (χ1v) is 5.13. The third-order valence-electron chi connectivity index (χ3n) is 1.83. The number of amides is 1. The summed E-state index contributed by atoms with van der Waals surface area (Å²) in [5.74, 6) is -1.16. The lowest BCUT2D eigenvalue weighted by atomic mass is 10.4. The van der Waals surface area contributed by atoms with Crippen molar-refractivity contribution in [2.75, 3.05) is 20.3 Å². The monoisotopic (exact) mass is 262 g/mol. The Labute approximate surface area is 102 Å². The van der Waals surface area contributed by atoms with Crippen LogP contribution in [-0.4, -0.2) is 36.5 Å². The molecule has 1 amide bonds. The van der Waals surface area contributed by atoms with Crippen LogP contribution in [0.1, 0.15) is 10.6 Å². The van der Waals surface area contributed by atoms with Gasteiger partial charge in [-0.2, -0.15) is 0 Å². The summed E-state index contributed by atoms with van der Waals surface area (Å²) < 4.78 is 9.49. The first-order chi connectivity index (χ1) is 8.04. The minimum absolute atomic E-state index is 0.127. The van der Waals surface area contributed by atoms with Gasteiger partial charge in [-0.3, -0.25) is 14.9 Å². The molecule has 0 bridgehead atoms. The average Bonchev–Trinajstić information content (AvgIpc) is 2.75. The largest absolute Gasteiger partial charge is 0.433 e. The Kier molecular flexibility index (Phi) is 4.92. The lowest BCUT2D eigenvalue weighted by molar-refractivity contribution is -0.402. The van der Waals surface area contributed by atoms with E-state index in [2.05, 4.69) is 5.32 Å². The second kappa shape index (κ2) is 6.21. The van der Waals surface area contributed by atoms with Crippen molar-refractivity contribution in [1.82, 2.24) is 5.32 Å². The number of methoxy groups -OCH3 is 1. The van der Waals surface area contributed by atoms with Crippen molar-refractivity contribution < 1.29 is 18.9 Å². The number of nitrogens with zero attached hydrogens (tertiary/aromatic N) is 1. The average molecular weight is 263 g/mol. The number of rotatable bonds is 6. The van der Waals surface area contributed by atoms with Crippen molar-refractivity contribution in [2.45, 2.75) is 5.38 Å². The van der Waals surface area contributed by atoms with Crippen LogP contribution in [0.4, 0.5) is 5.88 Å². The third-order valence-corrected chi connectivity index (χ3v) is 2.11. The quantitative estimate of drug-likeness (QED) is 0.472. The molecule has 17 heavy (non-hydrogen) atoms. The lowest BCUT2D eigenvalue weighted by Crippen LogP contribution is -2.31. The molecule has 1 unspecified atom stereocenters. The summed E-state index contributed by atoms with van der Waals surface area (Å²) in [5, 5.41) is 12.4. The van der Waals surface area contributed by atoms with Gasteiger partial charge in [0.1, 0.15) is 4.92 Å². The van der Waals surface area contributed by atoms with E-state index < -0.39 is 16.7 Å². The van der Waals surface area contributed by atoms with Crippen molar-refractivity contribution in [1.29, 1.82) is 0 Å². The van der Waals surface area contributed by atoms with Crippen LogP contribution in [0.15, 0.2) is 16.5 Å². The van der Waals surface area contributed by atoms with Gasteiger partial charge in [0.05, 0.1) is 18.1 Å². The van der Waals surface area contributed by atoms with Crippen LogP contribution in [0.5, 0.6) is 0 Å². The number of alkyl halides is 1. The van der Waals surface area contributed by atoms with E-state index in [-0.39, 0.29) is 17.7 Å². The molecule has 0 fully saturated rings. The molecule has 0 aliphatic rings. The topological polar surface area (TPSA) is 94.6 Å². The van der Waals surface area contributed by atoms with Crippen molar-refractivity contribution in [3.05, 3.63) is 28.0 Å². The van der Waals surface area contributed by atoms with Gasteiger partial charge in [0.15, 0.2) is 5.76 Å². The molecule has 1 aromatic heterocycles. The van der Waals surface area contributed by atoms with Gasteiger partial charge in [-0.25, -0.2) is 0 Å². The minimum atomic E-state index is -0.716. The van der Waals surface area contributed by atoms with Gasteiger partial charge in [0.2, 0.25) is 0 Å². The van der Waals surface area contributed by atoms with Crippen LogP contribution in [0.2, 0.25) is 0 Å². The highest BCUT2D eigenvalue weighted by atomic mass is 35.5. The zero-order chi connectivity index (χ0) is 12.8. The van der Waals surface area contributed by atoms with Gasteiger partial charge in [-0.05, 0) is 6.07 Å². The van der Waals surface area contributed by atoms with Crippen LogP contribution in [-0.2, 0) is 4.74 Å². The Hall–Kier alpha value is -1.60. The van der Waals surface area contributed by atoms with E-state index in [1.165, 1.54) is 13.2 Å². The van der Waals surface area contributed by atoms with Gasteiger partial charge in [0.25, 0.3) is 5.91 Å². The van der Waals surface area contributed by atoms with Gasteiger partial charge in [-0.1, -0.05) is 0 Å².